The Bertz CT molecular complexity index is 1230. The second-order valence-corrected chi connectivity index (χ2v) is 8.90. The lowest BCUT2D eigenvalue weighted by Gasteiger charge is -2.17. The van der Waals surface area contributed by atoms with Crippen LogP contribution in [0.2, 0.25) is 0 Å². The molecule has 5 rings (SSSR count). The number of aromatic carboxylic acids is 1. The minimum absolute atomic E-state index is 0.00335. The molecule has 2 aliphatic rings. The van der Waals surface area contributed by atoms with E-state index in [0.29, 0.717) is 24.9 Å². The van der Waals surface area contributed by atoms with Gasteiger partial charge in [0.2, 0.25) is 5.91 Å². The van der Waals surface area contributed by atoms with Crippen LogP contribution in [0.25, 0.3) is 11.1 Å². The number of carbonyl (C=O) groups excluding carboxylic acids is 2. The second kappa shape index (κ2) is 9.58. The van der Waals surface area contributed by atoms with E-state index in [1.165, 1.54) is 29.5 Å². The highest BCUT2D eigenvalue weighted by Crippen LogP contribution is 2.44. The van der Waals surface area contributed by atoms with Gasteiger partial charge in [0.1, 0.15) is 12.3 Å². The monoisotopic (exact) mass is 471 g/mol. The van der Waals surface area contributed by atoms with E-state index in [4.69, 9.17) is 9.84 Å². The summed E-state index contributed by atoms with van der Waals surface area (Å²) in [5.41, 5.74) is 5.02. The number of nitrogens with zero attached hydrogens (tertiary/aromatic N) is 1. The SMILES string of the molecule is O=C(N[C@H]1CC[C@@H](C(=O)Nc2ccc(C(=O)O)nc2)C1)OCC1c2ccccc2-c2ccccc21. The molecule has 8 nitrogen and oxygen atoms in total. The molecule has 3 N–H and O–H groups in total. The van der Waals surface area contributed by atoms with Gasteiger partial charge in [-0.05, 0) is 53.6 Å². The van der Waals surface area contributed by atoms with E-state index in [1.54, 1.807) is 0 Å². The molecule has 8 heteroatoms. The van der Waals surface area contributed by atoms with Gasteiger partial charge >= 0.3 is 12.1 Å². The molecule has 1 aromatic heterocycles. The summed E-state index contributed by atoms with van der Waals surface area (Å²) in [6, 6.07) is 19.1. The Balaban J connectivity index is 1.13. The summed E-state index contributed by atoms with van der Waals surface area (Å²) in [5.74, 6) is -1.56. The Hall–Kier alpha value is -4.20. The lowest BCUT2D eigenvalue weighted by atomic mass is 9.98. The van der Waals surface area contributed by atoms with Crippen molar-refractivity contribution in [1.29, 1.82) is 0 Å². The second-order valence-electron chi connectivity index (χ2n) is 8.90. The number of amides is 2. The van der Waals surface area contributed by atoms with Gasteiger partial charge in [-0.25, -0.2) is 14.6 Å². The standard InChI is InChI=1S/C27H25N3O5/c31-25(29-18-11-12-24(26(32)33)28-14-18)16-9-10-17(13-16)30-27(34)35-15-23-21-7-3-1-5-19(21)20-6-2-4-8-22(20)23/h1-8,11-12,14,16-17,23H,9-10,13,15H2,(H,29,31)(H,30,34)(H,32,33)/t16-,17+/m1/s1. The summed E-state index contributed by atoms with van der Waals surface area (Å²) in [5, 5.41) is 14.6. The molecule has 0 spiro atoms. The first-order chi connectivity index (χ1) is 17.0. The molecule has 1 heterocycles. The lowest BCUT2D eigenvalue weighted by molar-refractivity contribution is -0.119. The third-order valence-electron chi connectivity index (χ3n) is 6.72. The van der Waals surface area contributed by atoms with Crippen molar-refractivity contribution >= 4 is 23.7 Å². The Morgan fingerprint density at radius 3 is 2.26 bits per heavy atom. The van der Waals surface area contributed by atoms with Crippen LogP contribution in [0, 0.1) is 5.92 Å². The number of ether oxygens (including phenoxy) is 1. The van der Waals surface area contributed by atoms with Crippen molar-refractivity contribution in [3.63, 3.8) is 0 Å². The topological polar surface area (TPSA) is 118 Å². The molecule has 0 radical (unpaired) electrons. The van der Waals surface area contributed by atoms with Gasteiger partial charge in [0.15, 0.2) is 0 Å². The summed E-state index contributed by atoms with van der Waals surface area (Å²) in [7, 11) is 0. The maximum atomic E-state index is 12.6. The number of alkyl carbamates (subject to hydrolysis) is 1. The normalized spacial score (nSPS) is 18.4. The van der Waals surface area contributed by atoms with Crippen LogP contribution in [-0.2, 0) is 9.53 Å². The molecule has 0 bridgehead atoms. The van der Waals surface area contributed by atoms with Crippen molar-refractivity contribution in [2.45, 2.75) is 31.2 Å². The number of rotatable bonds is 6. The molecular weight excluding hydrogens is 446 g/mol. The van der Waals surface area contributed by atoms with Crippen molar-refractivity contribution in [3.05, 3.63) is 83.7 Å². The molecule has 0 aliphatic heterocycles. The lowest BCUT2D eigenvalue weighted by Crippen LogP contribution is -2.35. The van der Waals surface area contributed by atoms with E-state index in [-0.39, 0.29) is 36.1 Å². The molecule has 3 aromatic rings. The first-order valence-corrected chi connectivity index (χ1v) is 11.6. The molecular formula is C27H25N3O5. The van der Waals surface area contributed by atoms with Crippen molar-refractivity contribution < 1.29 is 24.2 Å². The number of aromatic nitrogens is 1. The van der Waals surface area contributed by atoms with Gasteiger partial charge in [-0.15, -0.1) is 0 Å². The number of fused-ring (bicyclic) bond motifs is 3. The van der Waals surface area contributed by atoms with E-state index < -0.39 is 12.1 Å². The number of anilines is 1. The minimum atomic E-state index is -1.12. The van der Waals surface area contributed by atoms with Gasteiger partial charge in [-0.2, -0.15) is 0 Å². The first kappa shape index (κ1) is 22.6. The smallest absolute Gasteiger partial charge is 0.407 e. The number of carboxylic acids is 1. The van der Waals surface area contributed by atoms with E-state index >= 15 is 0 Å². The van der Waals surface area contributed by atoms with Crippen LogP contribution in [0.3, 0.4) is 0 Å². The van der Waals surface area contributed by atoms with Crippen LogP contribution in [0.1, 0.15) is 46.8 Å². The predicted molar refractivity (Wildman–Crippen MR) is 129 cm³/mol. The Labute approximate surface area is 202 Å². The van der Waals surface area contributed by atoms with Crippen molar-refractivity contribution in [1.82, 2.24) is 10.3 Å². The Kier molecular flexibility index (Phi) is 6.18. The highest BCUT2D eigenvalue weighted by molar-refractivity contribution is 5.93. The van der Waals surface area contributed by atoms with Crippen molar-refractivity contribution in [2.75, 3.05) is 11.9 Å². The highest BCUT2D eigenvalue weighted by atomic mass is 16.5. The molecule has 0 unspecified atom stereocenters. The average Bonchev–Trinajstić information content (AvgIpc) is 3.46. The number of carboxylic acid groups (broad SMARTS) is 1. The van der Waals surface area contributed by atoms with E-state index in [1.807, 2.05) is 24.3 Å². The van der Waals surface area contributed by atoms with Crippen LogP contribution >= 0.6 is 0 Å². The molecule has 1 fully saturated rings. The maximum Gasteiger partial charge on any atom is 0.407 e. The molecule has 2 aromatic carbocycles. The fourth-order valence-corrected chi connectivity index (χ4v) is 5.00. The first-order valence-electron chi connectivity index (χ1n) is 11.6. The molecule has 0 saturated heterocycles. The quantitative estimate of drug-likeness (QED) is 0.490. The largest absolute Gasteiger partial charge is 0.477 e. The zero-order chi connectivity index (χ0) is 24.4. The summed E-state index contributed by atoms with van der Waals surface area (Å²) in [6.45, 7) is 0.246. The minimum Gasteiger partial charge on any atom is -0.477 e. The third-order valence-corrected chi connectivity index (χ3v) is 6.72. The van der Waals surface area contributed by atoms with E-state index in [2.05, 4.69) is 39.9 Å². The van der Waals surface area contributed by atoms with Crippen molar-refractivity contribution in [2.24, 2.45) is 5.92 Å². The van der Waals surface area contributed by atoms with Crippen LogP contribution in [0.15, 0.2) is 66.9 Å². The number of benzene rings is 2. The molecule has 35 heavy (non-hydrogen) atoms. The number of hydrogen-bond acceptors (Lipinski definition) is 5. The van der Waals surface area contributed by atoms with E-state index in [9.17, 15) is 14.4 Å². The van der Waals surface area contributed by atoms with Gasteiger partial charge < -0.3 is 20.5 Å². The fourth-order valence-electron chi connectivity index (χ4n) is 5.00. The molecule has 178 valence electrons. The number of nitrogens with one attached hydrogen (secondary N) is 2. The van der Waals surface area contributed by atoms with E-state index in [0.717, 1.165) is 11.1 Å². The van der Waals surface area contributed by atoms with Crippen LogP contribution in [0.4, 0.5) is 10.5 Å². The van der Waals surface area contributed by atoms with Gasteiger partial charge in [0, 0.05) is 17.9 Å². The summed E-state index contributed by atoms with van der Waals surface area (Å²) >= 11 is 0. The predicted octanol–water partition coefficient (Wildman–Crippen LogP) is 4.43. The fraction of sp³-hybridized carbons (Fsp3) is 0.259. The van der Waals surface area contributed by atoms with Crippen LogP contribution in [-0.4, -0.2) is 40.7 Å². The molecule has 2 atom stereocenters. The number of pyridine rings is 1. The summed E-state index contributed by atoms with van der Waals surface area (Å²) in [6.07, 6.45) is 2.67. The molecule has 2 amide bonds. The third kappa shape index (κ3) is 4.73. The van der Waals surface area contributed by atoms with Gasteiger partial charge in [-0.1, -0.05) is 48.5 Å². The zero-order valence-corrected chi connectivity index (χ0v) is 18.9. The average molecular weight is 472 g/mol. The van der Waals surface area contributed by atoms with Crippen molar-refractivity contribution in [3.8, 4) is 11.1 Å². The molecule has 1 saturated carbocycles. The summed E-state index contributed by atoms with van der Waals surface area (Å²) < 4.78 is 5.62. The molecule has 2 aliphatic carbocycles. The Morgan fingerprint density at radius 1 is 0.943 bits per heavy atom. The highest BCUT2D eigenvalue weighted by Gasteiger charge is 2.32. The summed E-state index contributed by atoms with van der Waals surface area (Å²) in [4.78, 5) is 39.9. The van der Waals surface area contributed by atoms with Crippen LogP contribution < -0.4 is 10.6 Å². The van der Waals surface area contributed by atoms with Crippen LogP contribution in [0.5, 0.6) is 0 Å². The maximum absolute atomic E-state index is 12.6. The van der Waals surface area contributed by atoms with Gasteiger partial charge in [0.25, 0.3) is 0 Å². The number of hydrogen-bond donors (Lipinski definition) is 3. The number of carbonyl (C=O) groups is 3. The zero-order valence-electron chi connectivity index (χ0n) is 18.9. The Morgan fingerprint density at radius 2 is 1.63 bits per heavy atom. The van der Waals surface area contributed by atoms with Gasteiger partial charge in [0.05, 0.1) is 11.9 Å². The van der Waals surface area contributed by atoms with Gasteiger partial charge in [-0.3, -0.25) is 4.79 Å².